The second-order valence-electron chi connectivity index (χ2n) is 8.79. The van der Waals surface area contributed by atoms with Crippen LogP contribution in [-0.2, 0) is 26.1 Å². The second kappa shape index (κ2) is 7.94. The van der Waals surface area contributed by atoms with Crippen LogP contribution in [0.5, 0.6) is 0 Å². The monoisotopic (exact) mass is 422 g/mol. The fraction of sp³-hybridized carbons (Fsp3) is 0.700. The van der Waals surface area contributed by atoms with Crippen molar-refractivity contribution in [1.29, 1.82) is 0 Å². The first-order valence-electron chi connectivity index (χ1n) is 10.2. The number of hydrogen-bond acceptors (Lipinski definition) is 6. The van der Waals surface area contributed by atoms with Gasteiger partial charge in [-0.15, -0.1) is 0 Å². The van der Waals surface area contributed by atoms with Crippen molar-refractivity contribution in [3.8, 4) is 0 Å². The van der Waals surface area contributed by atoms with Gasteiger partial charge in [-0.25, -0.2) is 8.42 Å². The highest BCUT2D eigenvalue weighted by molar-refractivity contribution is 7.88. The van der Waals surface area contributed by atoms with Crippen molar-refractivity contribution >= 4 is 15.9 Å². The first-order chi connectivity index (χ1) is 13.7. The molecule has 2 saturated heterocycles. The van der Waals surface area contributed by atoms with Gasteiger partial charge < -0.3 is 9.64 Å². The summed E-state index contributed by atoms with van der Waals surface area (Å²) in [5.74, 6) is 0.618. The molecule has 4 rings (SSSR count). The number of pyridine rings is 1. The highest BCUT2D eigenvalue weighted by Crippen LogP contribution is 2.36. The maximum absolute atomic E-state index is 13.2. The minimum absolute atomic E-state index is 0.0756. The van der Waals surface area contributed by atoms with E-state index in [1.807, 2.05) is 18.2 Å². The third-order valence-corrected chi connectivity index (χ3v) is 7.32. The number of rotatable bonds is 6. The van der Waals surface area contributed by atoms with Crippen LogP contribution in [0.1, 0.15) is 25.0 Å². The normalized spacial score (nSPS) is 28.7. The predicted octanol–water partition coefficient (Wildman–Crippen LogP) is 0.555. The van der Waals surface area contributed by atoms with Gasteiger partial charge in [-0.2, -0.15) is 4.31 Å². The largest absolute Gasteiger partial charge is 0.358 e. The van der Waals surface area contributed by atoms with Gasteiger partial charge in [0.05, 0.1) is 24.1 Å². The maximum atomic E-state index is 13.2. The third-order valence-electron chi connectivity index (χ3n) is 6.07. The lowest BCUT2D eigenvalue weighted by Crippen LogP contribution is -2.60. The summed E-state index contributed by atoms with van der Waals surface area (Å²) in [6, 6.07) is 5.65. The fourth-order valence-corrected chi connectivity index (χ4v) is 5.28. The van der Waals surface area contributed by atoms with E-state index in [0.29, 0.717) is 45.1 Å². The molecule has 160 valence electrons. The van der Waals surface area contributed by atoms with E-state index >= 15 is 0 Å². The van der Waals surface area contributed by atoms with Crippen molar-refractivity contribution in [2.75, 3.05) is 46.0 Å². The van der Waals surface area contributed by atoms with Crippen LogP contribution in [0.4, 0.5) is 0 Å². The molecular weight excluding hydrogens is 392 g/mol. The molecule has 2 aliphatic heterocycles. The Morgan fingerprint density at radius 1 is 1.34 bits per heavy atom. The van der Waals surface area contributed by atoms with Gasteiger partial charge >= 0.3 is 0 Å². The summed E-state index contributed by atoms with van der Waals surface area (Å²) in [6.45, 7) is 3.38. The molecule has 8 nitrogen and oxygen atoms in total. The Morgan fingerprint density at radius 3 is 2.76 bits per heavy atom. The molecule has 1 amide bonds. The van der Waals surface area contributed by atoms with E-state index in [4.69, 9.17) is 4.74 Å². The van der Waals surface area contributed by atoms with E-state index in [-0.39, 0.29) is 5.91 Å². The summed E-state index contributed by atoms with van der Waals surface area (Å²) >= 11 is 0. The number of likely N-dealkylation sites (N-methyl/N-ethyl adjacent to an activating group) is 1. The molecule has 0 N–H and O–H groups in total. The lowest BCUT2D eigenvalue weighted by Gasteiger charge is -2.44. The molecule has 0 unspecified atom stereocenters. The smallest absolute Gasteiger partial charge is 0.253 e. The molecule has 1 aromatic rings. The molecule has 2 atom stereocenters. The number of sulfonamides is 1. The predicted molar refractivity (Wildman–Crippen MR) is 109 cm³/mol. The number of carbonyl (C=O) groups is 1. The van der Waals surface area contributed by atoms with Crippen molar-refractivity contribution in [1.82, 2.24) is 19.1 Å². The molecule has 3 aliphatic rings. The van der Waals surface area contributed by atoms with Gasteiger partial charge in [0.2, 0.25) is 10.0 Å². The van der Waals surface area contributed by atoms with Crippen LogP contribution >= 0.6 is 0 Å². The van der Waals surface area contributed by atoms with E-state index in [2.05, 4.69) is 9.88 Å². The third kappa shape index (κ3) is 4.96. The summed E-state index contributed by atoms with van der Waals surface area (Å²) in [4.78, 5) is 21.4. The molecule has 1 aliphatic carbocycles. The van der Waals surface area contributed by atoms with E-state index in [0.717, 1.165) is 12.2 Å². The number of hydrogen-bond donors (Lipinski definition) is 0. The standard InChI is InChI=1S/C20H30N4O4S/c1-22(12-17-5-3-4-9-21-17)19(25)18-13-23(11-16-6-7-16)14-20(28-18)8-10-24(15-20)29(2,26)27/h3-5,9,16,18H,6-8,10-15H2,1-2H3/t18-,20+/m0/s1. The molecular formula is C20H30N4O4S. The number of amides is 1. The Bertz CT molecular complexity index is 845. The molecule has 1 saturated carbocycles. The summed E-state index contributed by atoms with van der Waals surface area (Å²) in [7, 11) is -1.50. The highest BCUT2D eigenvalue weighted by atomic mass is 32.2. The molecule has 3 heterocycles. The van der Waals surface area contributed by atoms with Crippen molar-refractivity contribution in [2.45, 2.75) is 37.5 Å². The first-order valence-corrected chi connectivity index (χ1v) is 12.1. The van der Waals surface area contributed by atoms with Gasteiger partial charge in [0, 0.05) is 46.0 Å². The van der Waals surface area contributed by atoms with Crippen LogP contribution in [0.15, 0.2) is 24.4 Å². The van der Waals surface area contributed by atoms with Crippen LogP contribution in [0.3, 0.4) is 0 Å². The second-order valence-corrected chi connectivity index (χ2v) is 10.8. The van der Waals surface area contributed by atoms with Gasteiger partial charge in [0.25, 0.3) is 5.91 Å². The van der Waals surface area contributed by atoms with Crippen LogP contribution in [0, 0.1) is 5.92 Å². The van der Waals surface area contributed by atoms with Crippen molar-refractivity contribution < 1.29 is 17.9 Å². The van der Waals surface area contributed by atoms with Crippen molar-refractivity contribution in [3.63, 3.8) is 0 Å². The molecule has 0 bridgehead atoms. The Balaban J connectivity index is 1.48. The number of ether oxygens (including phenoxy) is 1. The highest BCUT2D eigenvalue weighted by Gasteiger charge is 2.50. The quantitative estimate of drug-likeness (QED) is 0.666. The maximum Gasteiger partial charge on any atom is 0.253 e. The van der Waals surface area contributed by atoms with Gasteiger partial charge in [-0.1, -0.05) is 6.07 Å². The van der Waals surface area contributed by atoms with Gasteiger partial charge in [-0.3, -0.25) is 14.7 Å². The molecule has 29 heavy (non-hydrogen) atoms. The van der Waals surface area contributed by atoms with Crippen LogP contribution in [0.2, 0.25) is 0 Å². The minimum atomic E-state index is -3.27. The van der Waals surface area contributed by atoms with Crippen molar-refractivity contribution in [2.24, 2.45) is 5.92 Å². The number of morpholine rings is 1. The molecule has 0 radical (unpaired) electrons. The Kier molecular flexibility index (Phi) is 5.67. The molecule has 1 aromatic heterocycles. The molecule has 9 heteroatoms. The Labute approximate surface area is 172 Å². The van der Waals surface area contributed by atoms with Crippen LogP contribution < -0.4 is 0 Å². The van der Waals surface area contributed by atoms with E-state index < -0.39 is 21.7 Å². The van der Waals surface area contributed by atoms with E-state index in [9.17, 15) is 13.2 Å². The summed E-state index contributed by atoms with van der Waals surface area (Å²) in [5.41, 5.74) is 0.218. The fourth-order valence-electron chi connectivity index (χ4n) is 4.39. The molecule has 0 aromatic carbocycles. The van der Waals surface area contributed by atoms with Gasteiger partial charge in [-0.05, 0) is 37.3 Å². The lowest BCUT2D eigenvalue weighted by atomic mass is 9.98. The average molecular weight is 423 g/mol. The SMILES string of the molecule is CN(Cc1ccccn1)C(=O)[C@@H]1CN(CC2CC2)C[C@@]2(CCN(S(C)(=O)=O)C2)O1. The zero-order valence-electron chi connectivity index (χ0n) is 17.2. The van der Waals surface area contributed by atoms with Gasteiger partial charge in [0.15, 0.2) is 0 Å². The van der Waals surface area contributed by atoms with E-state index in [1.54, 1.807) is 18.1 Å². The Morgan fingerprint density at radius 2 is 2.14 bits per heavy atom. The van der Waals surface area contributed by atoms with E-state index in [1.165, 1.54) is 23.4 Å². The van der Waals surface area contributed by atoms with Gasteiger partial charge in [0.1, 0.15) is 6.10 Å². The molecule has 1 spiro atoms. The van der Waals surface area contributed by atoms with Crippen LogP contribution in [-0.4, -0.2) is 91.1 Å². The Hall–Kier alpha value is -1.55. The minimum Gasteiger partial charge on any atom is -0.358 e. The van der Waals surface area contributed by atoms with Crippen molar-refractivity contribution in [3.05, 3.63) is 30.1 Å². The van der Waals surface area contributed by atoms with Crippen LogP contribution in [0.25, 0.3) is 0 Å². The number of aromatic nitrogens is 1. The average Bonchev–Trinajstić information content (AvgIpc) is 3.39. The number of carbonyl (C=O) groups excluding carboxylic acids is 1. The summed E-state index contributed by atoms with van der Waals surface area (Å²) in [6.07, 6.45) is 5.45. The number of nitrogens with zero attached hydrogens (tertiary/aromatic N) is 4. The zero-order valence-corrected chi connectivity index (χ0v) is 18.0. The first kappa shape index (κ1) is 20.7. The summed E-state index contributed by atoms with van der Waals surface area (Å²) < 4.78 is 31.9. The topological polar surface area (TPSA) is 83.1 Å². The summed E-state index contributed by atoms with van der Waals surface area (Å²) in [5, 5.41) is 0. The lowest BCUT2D eigenvalue weighted by molar-refractivity contribution is -0.176. The molecule has 3 fully saturated rings. The zero-order chi connectivity index (χ0) is 20.6.